The number of nitrogens with zero attached hydrogens (tertiary/aromatic N) is 1. The Kier molecular flexibility index (Phi) is 4.38. The number of fused-ring (bicyclic) bond motifs is 1. The lowest BCUT2D eigenvalue weighted by Crippen LogP contribution is -2.54. The molecule has 2 aliphatic rings. The molecular weight excluding hydrogens is 337 g/mol. The molecule has 2 aromatic carbocycles. The van der Waals surface area contributed by atoms with Gasteiger partial charge in [-0.1, -0.05) is 49.1 Å². The molecule has 5 heteroatoms. The van der Waals surface area contributed by atoms with Crippen LogP contribution in [-0.4, -0.2) is 11.4 Å². The summed E-state index contributed by atoms with van der Waals surface area (Å²) >= 11 is 6.08. The van der Waals surface area contributed by atoms with Crippen LogP contribution in [0.3, 0.4) is 0 Å². The van der Waals surface area contributed by atoms with E-state index in [0.717, 1.165) is 42.8 Å². The van der Waals surface area contributed by atoms with Crippen molar-refractivity contribution in [3.05, 3.63) is 58.9 Å². The van der Waals surface area contributed by atoms with Crippen LogP contribution in [0.5, 0.6) is 0 Å². The molecular formula is C20H21ClFN3. The molecule has 0 bridgehead atoms. The summed E-state index contributed by atoms with van der Waals surface area (Å²) in [4.78, 5) is 4.69. The van der Waals surface area contributed by atoms with Gasteiger partial charge in [0.25, 0.3) is 0 Å². The molecule has 0 amide bonds. The highest BCUT2D eigenvalue weighted by molar-refractivity contribution is 6.30. The highest BCUT2D eigenvalue weighted by atomic mass is 35.5. The van der Waals surface area contributed by atoms with Crippen molar-refractivity contribution in [3.8, 4) is 0 Å². The average molecular weight is 358 g/mol. The molecule has 1 fully saturated rings. The van der Waals surface area contributed by atoms with Gasteiger partial charge < -0.3 is 10.6 Å². The second kappa shape index (κ2) is 6.68. The molecule has 2 N–H and O–H groups in total. The normalized spacial score (nSPS) is 18.2. The van der Waals surface area contributed by atoms with Crippen LogP contribution >= 0.6 is 11.6 Å². The average Bonchev–Trinajstić information content (AvgIpc) is 2.61. The van der Waals surface area contributed by atoms with Gasteiger partial charge in [0, 0.05) is 11.6 Å². The van der Waals surface area contributed by atoms with Crippen LogP contribution in [0.25, 0.3) is 0 Å². The summed E-state index contributed by atoms with van der Waals surface area (Å²) in [5.74, 6) is 0.544. The fourth-order valence-electron chi connectivity index (χ4n) is 3.82. The Labute approximate surface area is 152 Å². The Hall–Kier alpha value is -2.07. The Bertz CT molecular complexity index is 812. The SMILES string of the molecule is Fc1cccc2c1N=C(NCc1cccc(Cl)c1)C1(CCCCC1)N2. The third kappa shape index (κ3) is 3.23. The Morgan fingerprint density at radius 2 is 1.92 bits per heavy atom. The zero-order valence-electron chi connectivity index (χ0n) is 14.0. The maximum Gasteiger partial charge on any atom is 0.151 e. The van der Waals surface area contributed by atoms with E-state index >= 15 is 0 Å². The van der Waals surface area contributed by atoms with Gasteiger partial charge in [0.05, 0.1) is 11.2 Å². The van der Waals surface area contributed by atoms with Crippen LogP contribution in [0.1, 0.15) is 37.7 Å². The van der Waals surface area contributed by atoms with Gasteiger partial charge in [0.15, 0.2) is 5.82 Å². The number of amidine groups is 1. The summed E-state index contributed by atoms with van der Waals surface area (Å²) in [5.41, 5.74) is 2.04. The lowest BCUT2D eigenvalue weighted by molar-refractivity contribution is 0.396. The first-order valence-electron chi connectivity index (χ1n) is 8.80. The van der Waals surface area contributed by atoms with E-state index in [-0.39, 0.29) is 11.4 Å². The Morgan fingerprint density at radius 3 is 2.72 bits per heavy atom. The Balaban J connectivity index is 1.66. The summed E-state index contributed by atoms with van der Waals surface area (Å²) in [5, 5.41) is 7.76. The fraction of sp³-hybridized carbons (Fsp3) is 0.350. The minimum absolute atomic E-state index is 0.225. The number of hydrogen-bond donors (Lipinski definition) is 2. The summed E-state index contributed by atoms with van der Waals surface area (Å²) in [6, 6.07) is 12.9. The lowest BCUT2D eigenvalue weighted by Gasteiger charge is -2.42. The highest BCUT2D eigenvalue weighted by Gasteiger charge is 2.40. The van der Waals surface area contributed by atoms with Gasteiger partial charge in [0.1, 0.15) is 11.5 Å². The first-order valence-corrected chi connectivity index (χ1v) is 9.18. The van der Waals surface area contributed by atoms with Gasteiger partial charge >= 0.3 is 0 Å². The maximum absolute atomic E-state index is 14.2. The molecule has 1 aliphatic heterocycles. The second-order valence-electron chi connectivity index (χ2n) is 6.85. The van der Waals surface area contributed by atoms with Gasteiger partial charge in [0.2, 0.25) is 0 Å². The van der Waals surface area contributed by atoms with Crippen LogP contribution < -0.4 is 10.6 Å². The summed E-state index contributed by atoms with van der Waals surface area (Å²) < 4.78 is 14.2. The molecule has 4 rings (SSSR count). The van der Waals surface area contributed by atoms with Crippen molar-refractivity contribution in [3.63, 3.8) is 0 Å². The molecule has 0 aromatic heterocycles. The molecule has 0 unspecified atom stereocenters. The van der Waals surface area contributed by atoms with Gasteiger partial charge in [-0.25, -0.2) is 9.38 Å². The second-order valence-corrected chi connectivity index (χ2v) is 7.28. The van der Waals surface area contributed by atoms with Gasteiger partial charge in [-0.3, -0.25) is 0 Å². The van der Waals surface area contributed by atoms with Gasteiger partial charge in [-0.15, -0.1) is 0 Å². The number of anilines is 1. The summed E-state index contributed by atoms with van der Waals surface area (Å²) in [6.45, 7) is 0.618. The van der Waals surface area contributed by atoms with Crippen LogP contribution in [0.15, 0.2) is 47.5 Å². The summed E-state index contributed by atoms with van der Waals surface area (Å²) in [6.07, 6.45) is 5.54. The third-order valence-corrected chi connectivity index (χ3v) is 5.33. The van der Waals surface area contributed by atoms with Crippen molar-refractivity contribution in [2.75, 3.05) is 5.32 Å². The number of halogens is 2. The van der Waals surface area contributed by atoms with E-state index in [0.29, 0.717) is 17.3 Å². The van der Waals surface area contributed by atoms with Crippen molar-refractivity contribution in [2.24, 2.45) is 4.99 Å². The smallest absolute Gasteiger partial charge is 0.151 e. The largest absolute Gasteiger partial charge is 0.371 e. The van der Waals surface area contributed by atoms with E-state index in [9.17, 15) is 4.39 Å². The molecule has 0 atom stereocenters. The van der Waals surface area contributed by atoms with E-state index in [1.54, 1.807) is 6.07 Å². The number of nitrogens with one attached hydrogen (secondary N) is 2. The molecule has 1 heterocycles. The predicted molar refractivity (Wildman–Crippen MR) is 101 cm³/mol. The number of hydrogen-bond acceptors (Lipinski definition) is 3. The lowest BCUT2D eigenvalue weighted by atomic mass is 9.79. The van der Waals surface area contributed by atoms with E-state index in [1.807, 2.05) is 30.3 Å². The standard InChI is InChI=1S/C20H21ClFN3/c21-15-7-4-6-14(12-15)13-23-19-20(10-2-1-3-11-20)25-17-9-5-8-16(22)18(17)24-19/h4-9,12,25H,1-3,10-11,13H2,(H,23,24). The minimum atomic E-state index is -0.294. The maximum atomic E-state index is 14.2. The first-order chi connectivity index (χ1) is 12.2. The third-order valence-electron chi connectivity index (χ3n) is 5.09. The molecule has 3 nitrogen and oxygen atoms in total. The fourth-order valence-corrected chi connectivity index (χ4v) is 4.04. The van der Waals surface area contributed by atoms with Crippen molar-refractivity contribution in [1.29, 1.82) is 0 Å². The van der Waals surface area contributed by atoms with Crippen molar-refractivity contribution < 1.29 is 4.39 Å². The minimum Gasteiger partial charge on any atom is -0.371 e. The van der Waals surface area contributed by atoms with Crippen molar-refractivity contribution in [1.82, 2.24) is 5.32 Å². The topological polar surface area (TPSA) is 36.4 Å². The van der Waals surface area contributed by atoms with Crippen molar-refractivity contribution >= 4 is 28.8 Å². The molecule has 2 aromatic rings. The molecule has 130 valence electrons. The molecule has 1 saturated carbocycles. The molecule has 25 heavy (non-hydrogen) atoms. The quantitative estimate of drug-likeness (QED) is 0.752. The van der Waals surface area contributed by atoms with Crippen LogP contribution in [0.2, 0.25) is 5.02 Å². The molecule has 0 radical (unpaired) electrons. The van der Waals surface area contributed by atoms with Gasteiger partial charge in [-0.2, -0.15) is 0 Å². The van der Waals surface area contributed by atoms with Crippen LogP contribution in [0, 0.1) is 5.82 Å². The van der Waals surface area contributed by atoms with Crippen LogP contribution in [0.4, 0.5) is 15.8 Å². The number of para-hydroxylation sites is 1. The zero-order valence-corrected chi connectivity index (χ0v) is 14.7. The van der Waals surface area contributed by atoms with Crippen molar-refractivity contribution in [2.45, 2.75) is 44.2 Å². The van der Waals surface area contributed by atoms with Crippen LogP contribution in [-0.2, 0) is 6.54 Å². The molecule has 1 aliphatic carbocycles. The first kappa shape index (κ1) is 16.4. The van der Waals surface area contributed by atoms with Gasteiger partial charge in [-0.05, 0) is 42.7 Å². The summed E-state index contributed by atoms with van der Waals surface area (Å²) in [7, 11) is 0. The zero-order chi connectivity index (χ0) is 17.3. The van der Waals surface area contributed by atoms with E-state index in [2.05, 4.69) is 10.6 Å². The van der Waals surface area contributed by atoms with E-state index < -0.39 is 0 Å². The number of rotatable bonds is 2. The molecule has 1 spiro atoms. The van der Waals surface area contributed by atoms with E-state index in [1.165, 1.54) is 12.5 Å². The monoisotopic (exact) mass is 357 g/mol. The predicted octanol–water partition coefficient (Wildman–Crippen LogP) is 5.43. The highest BCUT2D eigenvalue weighted by Crippen LogP contribution is 2.41. The Morgan fingerprint density at radius 1 is 1.12 bits per heavy atom. The number of aliphatic imine (C=N–C) groups is 1. The number of benzene rings is 2. The van der Waals surface area contributed by atoms with E-state index in [4.69, 9.17) is 16.6 Å². The molecule has 0 saturated heterocycles.